The molecule has 0 saturated carbocycles. The number of carbonyl (C=O) groups is 1. The summed E-state index contributed by atoms with van der Waals surface area (Å²) < 4.78 is 31.0. The third-order valence-electron chi connectivity index (χ3n) is 6.66. The number of ether oxygens (including phenoxy) is 4. The van der Waals surface area contributed by atoms with Crippen molar-refractivity contribution in [2.45, 2.75) is 76.5 Å². The first-order chi connectivity index (χ1) is 16.5. The minimum atomic E-state index is -2.87. The van der Waals surface area contributed by atoms with Crippen molar-refractivity contribution in [2.75, 3.05) is 6.61 Å². The van der Waals surface area contributed by atoms with Crippen molar-refractivity contribution in [3.05, 3.63) is 60.7 Å². The van der Waals surface area contributed by atoms with Crippen molar-refractivity contribution in [3.63, 3.8) is 0 Å². The lowest BCUT2D eigenvalue weighted by molar-refractivity contribution is -0.230. The van der Waals surface area contributed by atoms with Crippen LogP contribution in [0.1, 0.15) is 41.5 Å². The zero-order chi connectivity index (χ0) is 25.5. The molecule has 7 heteroatoms. The Morgan fingerprint density at radius 2 is 1.57 bits per heavy atom. The summed E-state index contributed by atoms with van der Waals surface area (Å²) in [6.07, 6.45) is 3.70. The zero-order valence-electron chi connectivity index (χ0n) is 21.2. The van der Waals surface area contributed by atoms with Gasteiger partial charge in [0.05, 0.1) is 6.61 Å². The van der Waals surface area contributed by atoms with Gasteiger partial charge in [0.2, 0.25) is 5.60 Å². The second-order valence-electron chi connectivity index (χ2n) is 10.6. The van der Waals surface area contributed by atoms with Crippen molar-refractivity contribution in [3.8, 4) is 12.3 Å². The highest BCUT2D eigenvalue weighted by atomic mass is 28.4. The Kier molecular flexibility index (Phi) is 6.73. The van der Waals surface area contributed by atoms with Crippen LogP contribution >= 0.6 is 0 Å². The Balaban J connectivity index is 1.76. The molecular formula is C28H34O6Si. The van der Waals surface area contributed by atoms with Gasteiger partial charge in [0.15, 0.2) is 18.2 Å². The predicted octanol–water partition coefficient (Wildman–Crippen LogP) is 3.37. The molecule has 0 amide bonds. The number of terminal acetylenes is 1. The van der Waals surface area contributed by atoms with E-state index < -0.39 is 44.2 Å². The molecule has 0 aromatic heterocycles. The maximum atomic E-state index is 12.2. The molecule has 0 bridgehead atoms. The number of carbonyl (C=O) groups excluding carboxylic acids is 1. The van der Waals surface area contributed by atoms with E-state index in [4.69, 9.17) is 29.8 Å². The van der Waals surface area contributed by atoms with Crippen LogP contribution in [0.4, 0.5) is 0 Å². The minimum Gasteiger partial charge on any atom is -0.440 e. The van der Waals surface area contributed by atoms with Crippen LogP contribution in [0.3, 0.4) is 0 Å². The summed E-state index contributed by atoms with van der Waals surface area (Å²) in [5.41, 5.74) is -1.48. The molecule has 4 unspecified atom stereocenters. The number of hydrogen-bond acceptors (Lipinski definition) is 6. The topological polar surface area (TPSA) is 63.2 Å². The van der Waals surface area contributed by atoms with E-state index in [1.165, 1.54) is 6.92 Å². The van der Waals surface area contributed by atoms with Crippen LogP contribution in [-0.2, 0) is 28.2 Å². The first-order valence-electron chi connectivity index (χ1n) is 11.9. The second kappa shape index (κ2) is 9.19. The summed E-state index contributed by atoms with van der Waals surface area (Å²) in [5.74, 6) is 1.25. The molecule has 186 valence electrons. The summed E-state index contributed by atoms with van der Waals surface area (Å²) in [5, 5.41) is 2.02. The van der Waals surface area contributed by atoms with Gasteiger partial charge in [-0.15, -0.1) is 6.42 Å². The lowest BCUT2D eigenvalue weighted by atomic mass is 9.93. The molecule has 0 N–H and O–H groups in total. The van der Waals surface area contributed by atoms with Crippen molar-refractivity contribution < 1.29 is 28.2 Å². The van der Waals surface area contributed by atoms with Crippen molar-refractivity contribution >= 4 is 24.7 Å². The fourth-order valence-electron chi connectivity index (χ4n) is 5.26. The molecule has 4 rings (SSSR count). The van der Waals surface area contributed by atoms with E-state index >= 15 is 0 Å². The van der Waals surface area contributed by atoms with E-state index in [-0.39, 0.29) is 11.6 Å². The summed E-state index contributed by atoms with van der Waals surface area (Å²) in [6.45, 7) is 11.6. The Morgan fingerprint density at radius 3 is 2.03 bits per heavy atom. The highest BCUT2D eigenvalue weighted by molar-refractivity contribution is 6.99. The number of benzene rings is 2. The first kappa shape index (κ1) is 25.6. The van der Waals surface area contributed by atoms with Gasteiger partial charge in [0, 0.05) is 6.92 Å². The Morgan fingerprint density at radius 1 is 1.03 bits per heavy atom. The third-order valence-corrected chi connectivity index (χ3v) is 11.7. The maximum Gasteiger partial charge on any atom is 0.304 e. The van der Waals surface area contributed by atoms with Crippen LogP contribution < -0.4 is 10.4 Å². The summed E-state index contributed by atoms with van der Waals surface area (Å²) in [6, 6.07) is 20.6. The van der Waals surface area contributed by atoms with Crippen LogP contribution in [0.2, 0.25) is 5.04 Å². The molecule has 2 aliphatic heterocycles. The highest BCUT2D eigenvalue weighted by Crippen LogP contribution is 2.46. The van der Waals surface area contributed by atoms with E-state index in [1.54, 1.807) is 13.8 Å². The van der Waals surface area contributed by atoms with E-state index in [9.17, 15) is 4.79 Å². The van der Waals surface area contributed by atoms with E-state index in [1.807, 2.05) is 36.4 Å². The first-order valence-corrected chi connectivity index (χ1v) is 13.8. The molecule has 35 heavy (non-hydrogen) atoms. The molecule has 2 heterocycles. The van der Waals surface area contributed by atoms with Gasteiger partial charge >= 0.3 is 5.97 Å². The fourth-order valence-corrected chi connectivity index (χ4v) is 9.81. The molecule has 2 aromatic carbocycles. The number of rotatable bonds is 6. The SMILES string of the molecule is C#CC1(OC(C)=O)C(CO[Si](c2ccccc2)(c2ccccc2)C(C)(C)C)OC2OC(C)(C)OC21. The lowest BCUT2D eigenvalue weighted by Crippen LogP contribution is -2.67. The van der Waals surface area contributed by atoms with Crippen LogP contribution in [0.5, 0.6) is 0 Å². The summed E-state index contributed by atoms with van der Waals surface area (Å²) in [7, 11) is -2.87. The van der Waals surface area contributed by atoms with Gasteiger partial charge in [0.1, 0.15) is 6.10 Å². The van der Waals surface area contributed by atoms with Crippen LogP contribution in [0.15, 0.2) is 60.7 Å². The molecule has 0 radical (unpaired) electrons. The van der Waals surface area contributed by atoms with E-state index in [2.05, 4.69) is 51.0 Å². The molecular weight excluding hydrogens is 460 g/mol. The van der Waals surface area contributed by atoms with Gasteiger partial charge < -0.3 is 23.4 Å². The van der Waals surface area contributed by atoms with Crippen molar-refractivity contribution in [1.82, 2.24) is 0 Å². The standard InChI is InChI=1S/C28H34O6Si/c1-8-28(32-20(2)29)23(31-25-24(28)33-27(6,7)34-25)19-30-35(26(3,4)5,21-15-11-9-12-16-21)22-17-13-10-14-18-22/h1,9-18,23-25H,19H2,2-7H3. The Labute approximate surface area is 209 Å². The van der Waals surface area contributed by atoms with Gasteiger partial charge in [-0.3, -0.25) is 4.79 Å². The lowest BCUT2D eigenvalue weighted by Gasteiger charge is -2.44. The number of esters is 1. The largest absolute Gasteiger partial charge is 0.440 e. The van der Waals surface area contributed by atoms with Crippen molar-refractivity contribution in [2.24, 2.45) is 0 Å². The maximum absolute atomic E-state index is 12.2. The molecule has 0 aliphatic carbocycles. The predicted molar refractivity (Wildman–Crippen MR) is 136 cm³/mol. The quantitative estimate of drug-likeness (QED) is 0.349. The van der Waals surface area contributed by atoms with Gasteiger partial charge in [-0.05, 0) is 29.3 Å². The molecule has 2 aliphatic rings. The van der Waals surface area contributed by atoms with Gasteiger partial charge in [-0.25, -0.2) is 0 Å². The molecule has 2 aromatic rings. The summed E-state index contributed by atoms with van der Waals surface area (Å²) >= 11 is 0. The molecule has 0 spiro atoms. The third kappa shape index (κ3) is 4.46. The van der Waals surface area contributed by atoms with E-state index in [0.29, 0.717) is 0 Å². The normalized spacial score (nSPS) is 27.7. The smallest absolute Gasteiger partial charge is 0.304 e. The Bertz CT molecular complexity index is 1050. The number of hydrogen-bond donors (Lipinski definition) is 0. The van der Waals surface area contributed by atoms with Gasteiger partial charge in [-0.2, -0.15) is 0 Å². The monoisotopic (exact) mass is 494 g/mol. The van der Waals surface area contributed by atoms with Crippen LogP contribution in [0.25, 0.3) is 0 Å². The van der Waals surface area contributed by atoms with Gasteiger partial charge in [0.25, 0.3) is 8.32 Å². The molecule has 2 saturated heterocycles. The van der Waals surface area contributed by atoms with Gasteiger partial charge in [-0.1, -0.05) is 87.4 Å². The fraction of sp³-hybridized carbons (Fsp3) is 0.464. The average Bonchev–Trinajstić information content (AvgIpc) is 3.24. The zero-order valence-corrected chi connectivity index (χ0v) is 22.2. The van der Waals surface area contributed by atoms with Crippen LogP contribution in [-0.4, -0.2) is 50.8 Å². The van der Waals surface area contributed by atoms with Crippen LogP contribution in [0, 0.1) is 12.3 Å². The Hall–Kier alpha value is -2.47. The minimum absolute atomic E-state index is 0.102. The number of fused-ring (bicyclic) bond motifs is 1. The molecule has 6 nitrogen and oxygen atoms in total. The molecule has 2 fully saturated rings. The second-order valence-corrected chi connectivity index (χ2v) is 14.9. The summed E-state index contributed by atoms with van der Waals surface area (Å²) in [4.78, 5) is 12.2. The van der Waals surface area contributed by atoms with E-state index in [0.717, 1.165) is 10.4 Å². The molecule has 4 atom stereocenters. The average molecular weight is 495 g/mol. The van der Waals surface area contributed by atoms with Crippen molar-refractivity contribution in [1.29, 1.82) is 0 Å². The highest BCUT2D eigenvalue weighted by Gasteiger charge is 2.66.